The number of nitrogens with zero attached hydrogens (tertiary/aromatic N) is 3. The second kappa shape index (κ2) is 6.67. The highest BCUT2D eigenvalue weighted by molar-refractivity contribution is 5.75. The standard InChI is InChI=1S/C17H15N3O2/c21-10-15-6-7-17(22-11-14-4-2-1-3-5-14)16(8-15)9-20-13-18-12-19-20/h1-8,10,12-13H,9,11H2. The number of rotatable bonds is 6. The highest BCUT2D eigenvalue weighted by atomic mass is 16.5. The quantitative estimate of drug-likeness (QED) is 0.656. The number of carbonyl (C=O) groups is 1. The van der Waals surface area contributed by atoms with Gasteiger partial charge in [-0.25, -0.2) is 9.67 Å². The number of aromatic nitrogens is 3. The van der Waals surface area contributed by atoms with Crippen LogP contribution in [0.4, 0.5) is 0 Å². The van der Waals surface area contributed by atoms with E-state index in [-0.39, 0.29) is 0 Å². The Morgan fingerprint density at radius 1 is 1.14 bits per heavy atom. The molecule has 0 unspecified atom stereocenters. The van der Waals surface area contributed by atoms with Crippen molar-refractivity contribution >= 4 is 6.29 Å². The first-order valence-electron chi connectivity index (χ1n) is 6.92. The molecule has 0 aliphatic heterocycles. The van der Waals surface area contributed by atoms with E-state index >= 15 is 0 Å². The van der Waals surface area contributed by atoms with Gasteiger partial charge in [-0.05, 0) is 23.8 Å². The van der Waals surface area contributed by atoms with E-state index in [1.807, 2.05) is 42.5 Å². The Bertz CT molecular complexity index is 740. The molecule has 22 heavy (non-hydrogen) atoms. The molecule has 3 aromatic rings. The van der Waals surface area contributed by atoms with Crippen molar-refractivity contribution in [2.45, 2.75) is 13.2 Å². The van der Waals surface area contributed by atoms with Gasteiger partial charge >= 0.3 is 0 Å². The highest BCUT2D eigenvalue weighted by Gasteiger charge is 2.07. The summed E-state index contributed by atoms with van der Waals surface area (Å²) in [6, 6.07) is 15.3. The lowest BCUT2D eigenvalue weighted by atomic mass is 10.1. The van der Waals surface area contributed by atoms with Crippen LogP contribution in [0.1, 0.15) is 21.5 Å². The fraction of sp³-hybridized carbons (Fsp3) is 0.118. The molecule has 0 saturated heterocycles. The van der Waals surface area contributed by atoms with Crippen LogP contribution < -0.4 is 4.74 Å². The number of hydrogen-bond donors (Lipinski definition) is 0. The van der Waals surface area contributed by atoms with Gasteiger partial charge in [0.2, 0.25) is 0 Å². The number of benzene rings is 2. The van der Waals surface area contributed by atoms with Crippen molar-refractivity contribution in [2.75, 3.05) is 0 Å². The molecule has 0 bridgehead atoms. The Hall–Kier alpha value is -2.95. The summed E-state index contributed by atoms with van der Waals surface area (Å²) in [6.07, 6.45) is 3.94. The Labute approximate surface area is 128 Å². The zero-order valence-electron chi connectivity index (χ0n) is 11.9. The van der Waals surface area contributed by atoms with Gasteiger partial charge in [-0.1, -0.05) is 30.3 Å². The maximum atomic E-state index is 11.0. The summed E-state index contributed by atoms with van der Waals surface area (Å²) in [5.74, 6) is 0.741. The number of ether oxygens (including phenoxy) is 1. The van der Waals surface area contributed by atoms with Crippen LogP contribution in [-0.4, -0.2) is 21.1 Å². The first kappa shape index (κ1) is 14.0. The van der Waals surface area contributed by atoms with Crippen LogP contribution in [0.15, 0.2) is 61.2 Å². The molecule has 5 heteroatoms. The van der Waals surface area contributed by atoms with E-state index in [1.54, 1.807) is 17.1 Å². The molecule has 3 rings (SSSR count). The molecule has 2 aromatic carbocycles. The predicted octanol–water partition coefficient (Wildman–Crippen LogP) is 2.72. The Morgan fingerprint density at radius 3 is 2.73 bits per heavy atom. The van der Waals surface area contributed by atoms with Crippen molar-refractivity contribution in [2.24, 2.45) is 0 Å². The fourth-order valence-electron chi connectivity index (χ4n) is 2.16. The third-order valence-corrected chi connectivity index (χ3v) is 3.26. The molecule has 0 amide bonds. The van der Waals surface area contributed by atoms with Crippen LogP contribution in [0.3, 0.4) is 0 Å². The topological polar surface area (TPSA) is 57.0 Å². The van der Waals surface area contributed by atoms with E-state index in [0.29, 0.717) is 18.7 Å². The smallest absolute Gasteiger partial charge is 0.150 e. The van der Waals surface area contributed by atoms with E-state index < -0.39 is 0 Å². The van der Waals surface area contributed by atoms with Crippen LogP contribution in [0.25, 0.3) is 0 Å². The van der Waals surface area contributed by atoms with Crippen molar-refractivity contribution in [3.05, 3.63) is 77.9 Å². The Kier molecular flexibility index (Phi) is 4.25. The minimum atomic E-state index is 0.478. The lowest BCUT2D eigenvalue weighted by molar-refractivity contribution is 0.112. The van der Waals surface area contributed by atoms with Gasteiger partial charge in [0, 0.05) is 11.1 Å². The maximum absolute atomic E-state index is 11.0. The van der Waals surface area contributed by atoms with Gasteiger partial charge < -0.3 is 4.74 Å². The van der Waals surface area contributed by atoms with Crippen LogP contribution in [0.5, 0.6) is 5.75 Å². The third-order valence-electron chi connectivity index (χ3n) is 3.26. The number of hydrogen-bond acceptors (Lipinski definition) is 4. The molecule has 1 aromatic heterocycles. The number of aldehydes is 1. The monoisotopic (exact) mass is 293 g/mol. The predicted molar refractivity (Wildman–Crippen MR) is 81.7 cm³/mol. The van der Waals surface area contributed by atoms with Crippen LogP contribution in [-0.2, 0) is 13.2 Å². The third kappa shape index (κ3) is 3.38. The van der Waals surface area contributed by atoms with Crippen molar-refractivity contribution in [1.29, 1.82) is 0 Å². The molecule has 1 heterocycles. The minimum absolute atomic E-state index is 0.478. The minimum Gasteiger partial charge on any atom is -0.489 e. The second-order valence-corrected chi connectivity index (χ2v) is 4.85. The van der Waals surface area contributed by atoms with Crippen molar-refractivity contribution < 1.29 is 9.53 Å². The summed E-state index contributed by atoms with van der Waals surface area (Å²) >= 11 is 0. The molecule has 0 fully saturated rings. The SMILES string of the molecule is O=Cc1ccc(OCc2ccccc2)c(Cn2cncn2)c1. The molecule has 110 valence electrons. The molecular weight excluding hydrogens is 278 g/mol. The molecule has 0 atom stereocenters. The van der Waals surface area contributed by atoms with Gasteiger partial charge in [0.25, 0.3) is 0 Å². The molecule has 0 radical (unpaired) electrons. The highest BCUT2D eigenvalue weighted by Crippen LogP contribution is 2.22. The van der Waals surface area contributed by atoms with E-state index in [4.69, 9.17) is 4.74 Å². The second-order valence-electron chi connectivity index (χ2n) is 4.85. The summed E-state index contributed by atoms with van der Waals surface area (Å²) in [6.45, 7) is 0.984. The Balaban J connectivity index is 1.81. The molecule has 0 N–H and O–H groups in total. The van der Waals surface area contributed by atoms with E-state index in [0.717, 1.165) is 23.2 Å². The summed E-state index contributed by atoms with van der Waals surface area (Å²) in [5.41, 5.74) is 2.60. The molecular formula is C17H15N3O2. The van der Waals surface area contributed by atoms with Crippen LogP contribution in [0, 0.1) is 0 Å². The number of carbonyl (C=O) groups excluding carboxylic acids is 1. The fourth-order valence-corrected chi connectivity index (χ4v) is 2.16. The van der Waals surface area contributed by atoms with E-state index in [1.165, 1.54) is 6.33 Å². The summed E-state index contributed by atoms with van der Waals surface area (Å²) in [4.78, 5) is 14.9. The lowest BCUT2D eigenvalue weighted by Crippen LogP contribution is -2.05. The molecule has 0 aliphatic carbocycles. The maximum Gasteiger partial charge on any atom is 0.150 e. The summed E-state index contributed by atoms with van der Waals surface area (Å²) in [7, 11) is 0. The van der Waals surface area contributed by atoms with E-state index in [9.17, 15) is 4.79 Å². The normalized spacial score (nSPS) is 10.4. The Morgan fingerprint density at radius 2 is 2.00 bits per heavy atom. The van der Waals surface area contributed by atoms with Crippen molar-refractivity contribution in [3.8, 4) is 5.75 Å². The van der Waals surface area contributed by atoms with Gasteiger partial charge in [0.1, 0.15) is 31.3 Å². The molecule has 0 aliphatic rings. The van der Waals surface area contributed by atoms with Gasteiger partial charge in [-0.3, -0.25) is 4.79 Å². The van der Waals surface area contributed by atoms with Gasteiger partial charge in [-0.15, -0.1) is 0 Å². The van der Waals surface area contributed by atoms with Crippen LogP contribution in [0.2, 0.25) is 0 Å². The van der Waals surface area contributed by atoms with Crippen LogP contribution >= 0.6 is 0 Å². The molecule has 0 saturated carbocycles. The lowest BCUT2D eigenvalue weighted by Gasteiger charge is -2.12. The van der Waals surface area contributed by atoms with E-state index in [2.05, 4.69) is 10.1 Å². The first-order valence-corrected chi connectivity index (χ1v) is 6.92. The van der Waals surface area contributed by atoms with Gasteiger partial charge in [0.15, 0.2) is 0 Å². The first-order chi connectivity index (χ1) is 10.8. The molecule has 5 nitrogen and oxygen atoms in total. The zero-order valence-corrected chi connectivity index (χ0v) is 11.9. The van der Waals surface area contributed by atoms with Gasteiger partial charge in [-0.2, -0.15) is 5.10 Å². The van der Waals surface area contributed by atoms with Gasteiger partial charge in [0.05, 0.1) is 6.54 Å². The summed E-state index contributed by atoms with van der Waals surface area (Å²) in [5, 5.41) is 4.09. The average Bonchev–Trinajstić information content (AvgIpc) is 3.07. The molecule has 0 spiro atoms. The van der Waals surface area contributed by atoms with Crippen molar-refractivity contribution in [1.82, 2.24) is 14.8 Å². The average molecular weight is 293 g/mol. The summed E-state index contributed by atoms with van der Waals surface area (Å²) < 4.78 is 7.59. The van der Waals surface area contributed by atoms with Crippen molar-refractivity contribution in [3.63, 3.8) is 0 Å². The zero-order chi connectivity index (χ0) is 15.2. The largest absolute Gasteiger partial charge is 0.489 e.